The number of hydrogen-bond acceptors (Lipinski definition) is 7. The number of allylic oxidation sites excluding steroid dienone is 1. The van der Waals surface area contributed by atoms with Gasteiger partial charge >= 0.3 is 0 Å². The zero-order valence-corrected chi connectivity index (χ0v) is 23.5. The molecule has 0 radical (unpaired) electrons. The molecule has 0 bridgehead atoms. The molecule has 1 N–H and O–H groups in total. The quantitative estimate of drug-likeness (QED) is 0.294. The number of carbonyl (C=O) groups is 1. The summed E-state index contributed by atoms with van der Waals surface area (Å²) in [6, 6.07) is 4.95. The largest absolute Gasteiger partial charge is 0.474 e. The van der Waals surface area contributed by atoms with Crippen molar-refractivity contribution in [2.75, 3.05) is 26.2 Å². The first-order valence-electron chi connectivity index (χ1n) is 13.7. The summed E-state index contributed by atoms with van der Waals surface area (Å²) in [4.78, 5) is 26.1. The van der Waals surface area contributed by atoms with Crippen LogP contribution in [0.4, 0.5) is 5.69 Å². The van der Waals surface area contributed by atoms with Crippen molar-refractivity contribution in [2.45, 2.75) is 88.7 Å². The van der Waals surface area contributed by atoms with Gasteiger partial charge in [0.15, 0.2) is 10.8 Å². The van der Waals surface area contributed by atoms with Crippen LogP contribution in [-0.2, 0) is 19.6 Å². The van der Waals surface area contributed by atoms with Crippen LogP contribution in [0.2, 0.25) is 0 Å². The van der Waals surface area contributed by atoms with Crippen LogP contribution in [0.3, 0.4) is 0 Å². The topological polar surface area (TPSA) is 122 Å². The normalized spacial score (nSPS) is 20.4. The molecular weight excluding hydrogens is 508 g/mol. The highest BCUT2D eigenvalue weighted by molar-refractivity contribution is 7.89. The molecule has 1 aromatic carbocycles. The van der Waals surface area contributed by atoms with Gasteiger partial charge in [-0.3, -0.25) is 14.9 Å². The molecular formula is C27H40N4O6S. The number of piperazine rings is 1. The number of hydrogen-bond donors (Lipinski definition) is 1. The van der Waals surface area contributed by atoms with Gasteiger partial charge in [0.1, 0.15) is 11.6 Å². The van der Waals surface area contributed by atoms with E-state index in [9.17, 15) is 23.3 Å². The summed E-state index contributed by atoms with van der Waals surface area (Å²) in [7, 11) is -4.06. The van der Waals surface area contributed by atoms with E-state index in [4.69, 9.17) is 4.74 Å². The second-order valence-corrected chi connectivity index (χ2v) is 13.4. The Balaban J connectivity index is 1.50. The zero-order chi connectivity index (χ0) is 27.5. The van der Waals surface area contributed by atoms with Crippen molar-refractivity contribution in [3.05, 3.63) is 45.8 Å². The lowest BCUT2D eigenvalue weighted by Gasteiger charge is -2.40. The van der Waals surface area contributed by atoms with Crippen molar-refractivity contribution in [1.82, 2.24) is 14.5 Å². The summed E-state index contributed by atoms with van der Waals surface area (Å²) < 4.78 is 34.0. The Morgan fingerprint density at radius 2 is 1.68 bits per heavy atom. The average Bonchev–Trinajstić information content (AvgIpc) is 2.85. The highest BCUT2D eigenvalue weighted by atomic mass is 32.2. The SMILES string of the molecule is CC(C)(C)OC(N[C@H](C(=O)N1CCN(S(=O)(=O)c2ccccc2[N+](=O)[O-])CC1)C1CCCCC1)=C1CCC1. The number of nitrogens with one attached hydrogen (secondary N) is 1. The molecule has 0 aromatic heterocycles. The van der Waals surface area contributed by atoms with E-state index < -0.39 is 32.3 Å². The van der Waals surface area contributed by atoms with Gasteiger partial charge in [-0.2, -0.15) is 4.31 Å². The number of amides is 1. The summed E-state index contributed by atoms with van der Waals surface area (Å²) >= 11 is 0. The molecule has 0 unspecified atom stereocenters. The monoisotopic (exact) mass is 548 g/mol. The molecule has 210 valence electrons. The second kappa shape index (κ2) is 11.6. The second-order valence-electron chi connectivity index (χ2n) is 11.5. The van der Waals surface area contributed by atoms with Gasteiger partial charge in [-0.1, -0.05) is 31.4 Å². The van der Waals surface area contributed by atoms with E-state index in [1.165, 1.54) is 40.6 Å². The van der Waals surface area contributed by atoms with Crippen LogP contribution in [0.5, 0.6) is 0 Å². The Morgan fingerprint density at radius 1 is 1.05 bits per heavy atom. The number of nitrogens with zero attached hydrogens (tertiary/aromatic N) is 3. The van der Waals surface area contributed by atoms with Crippen LogP contribution >= 0.6 is 0 Å². The number of nitro groups is 1. The summed E-state index contributed by atoms with van der Waals surface area (Å²) in [5.41, 5.74) is 0.377. The van der Waals surface area contributed by atoms with E-state index in [0.29, 0.717) is 0 Å². The predicted molar refractivity (Wildman–Crippen MR) is 144 cm³/mol. The molecule has 1 saturated heterocycles. The van der Waals surface area contributed by atoms with Crippen molar-refractivity contribution in [2.24, 2.45) is 5.92 Å². The fourth-order valence-electron chi connectivity index (χ4n) is 5.39. The zero-order valence-electron chi connectivity index (χ0n) is 22.6. The van der Waals surface area contributed by atoms with Crippen molar-refractivity contribution in [1.29, 1.82) is 0 Å². The van der Waals surface area contributed by atoms with Gasteiger partial charge in [0.2, 0.25) is 15.9 Å². The van der Waals surface area contributed by atoms with Crippen LogP contribution in [0, 0.1) is 16.0 Å². The number of sulfonamides is 1. The molecule has 1 aliphatic heterocycles. The minimum Gasteiger partial charge on any atom is -0.474 e. The molecule has 3 fully saturated rings. The lowest BCUT2D eigenvalue weighted by Crippen LogP contribution is -2.57. The number of ether oxygens (including phenoxy) is 1. The molecule has 1 atom stereocenters. The number of carbonyl (C=O) groups excluding carboxylic acids is 1. The minimum absolute atomic E-state index is 0.0328. The molecule has 2 aliphatic carbocycles. The van der Waals surface area contributed by atoms with E-state index in [1.54, 1.807) is 4.90 Å². The lowest BCUT2D eigenvalue weighted by atomic mass is 9.83. The standard InChI is InChI=1S/C27H40N4O6S/c1-27(2,3)37-25(21-12-9-13-21)28-24(20-10-5-4-6-11-20)26(32)29-16-18-30(19-17-29)38(35,36)23-15-8-7-14-22(23)31(33)34/h7-8,14-15,20,24,28H,4-6,9-13,16-19H2,1-3H3/t24-/m0/s1. The van der Waals surface area contributed by atoms with Gasteiger partial charge in [-0.15, -0.1) is 0 Å². The van der Waals surface area contributed by atoms with E-state index in [2.05, 4.69) is 5.32 Å². The molecule has 3 aliphatic rings. The van der Waals surface area contributed by atoms with Gasteiger partial charge in [0.05, 0.1) is 4.92 Å². The van der Waals surface area contributed by atoms with Gasteiger partial charge < -0.3 is 15.0 Å². The molecule has 2 saturated carbocycles. The minimum atomic E-state index is -4.06. The Bertz CT molecular complexity index is 1160. The van der Waals surface area contributed by atoms with E-state index in [-0.39, 0.29) is 42.9 Å². The highest BCUT2D eigenvalue weighted by Gasteiger charge is 2.39. The Labute approximate surface area is 225 Å². The van der Waals surface area contributed by atoms with E-state index >= 15 is 0 Å². The third-order valence-electron chi connectivity index (χ3n) is 7.59. The summed E-state index contributed by atoms with van der Waals surface area (Å²) in [6.45, 7) is 6.64. The molecule has 1 amide bonds. The molecule has 11 heteroatoms. The average molecular weight is 549 g/mol. The van der Waals surface area contributed by atoms with Crippen molar-refractivity contribution in [3.63, 3.8) is 0 Å². The predicted octanol–water partition coefficient (Wildman–Crippen LogP) is 4.18. The summed E-state index contributed by atoms with van der Waals surface area (Å²) in [5.74, 6) is 0.879. The van der Waals surface area contributed by atoms with Gasteiger partial charge in [-0.25, -0.2) is 8.42 Å². The first-order valence-corrected chi connectivity index (χ1v) is 15.1. The number of nitro benzene ring substituents is 1. The molecule has 10 nitrogen and oxygen atoms in total. The van der Waals surface area contributed by atoms with Gasteiger partial charge in [0, 0.05) is 32.2 Å². The highest BCUT2D eigenvalue weighted by Crippen LogP contribution is 2.33. The molecule has 1 aromatic rings. The third kappa shape index (κ3) is 6.48. The van der Waals surface area contributed by atoms with Crippen LogP contribution in [0.1, 0.15) is 72.1 Å². The van der Waals surface area contributed by atoms with Crippen LogP contribution < -0.4 is 5.32 Å². The first kappa shape index (κ1) is 28.4. The number of rotatable bonds is 8. The fourth-order valence-corrected chi connectivity index (χ4v) is 6.97. The number of para-hydroxylation sites is 1. The maximum absolute atomic E-state index is 13.9. The molecule has 38 heavy (non-hydrogen) atoms. The van der Waals surface area contributed by atoms with Crippen LogP contribution in [0.15, 0.2) is 40.6 Å². The lowest BCUT2D eigenvalue weighted by molar-refractivity contribution is -0.387. The van der Waals surface area contributed by atoms with Crippen molar-refractivity contribution in [3.8, 4) is 0 Å². The Morgan fingerprint density at radius 3 is 2.24 bits per heavy atom. The summed E-state index contributed by atoms with van der Waals surface area (Å²) in [5, 5.41) is 14.9. The van der Waals surface area contributed by atoms with Gasteiger partial charge in [0.25, 0.3) is 5.69 Å². The van der Waals surface area contributed by atoms with Crippen LogP contribution in [0.25, 0.3) is 0 Å². The molecule has 1 heterocycles. The third-order valence-corrected chi connectivity index (χ3v) is 9.54. The van der Waals surface area contributed by atoms with Crippen LogP contribution in [-0.4, -0.2) is 66.3 Å². The maximum Gasteiger partial charge on any atom is 0.289 e. The first-order chi connectivity index (χ1) is 18.0. The molecule has 4 rings (SSSR count). The Hall–Kier alpha value is -2.66. The fraction of sp³-hybridized carbons (Fsp3) is 0.667. The number of benzene rings is 1. The molecule has 0 spiro atoms. The Kier molecular flexibility index (Phi) is 8.66. The van der Waals surface area contributed by atoms with Crippen molar-refractivity contribution >= 4 is 21.6 Å². The smallest absolute Gasteiger partial charge is 0.289 e. The van der Waals surface area contributed by atoms with Crippen molar-refractivity contribution < 1.29 is 22.9 Å². The summed E-state index contributed by atoms with van der Waals surface area (Å²) in [6.07, 6.45) is 8.32. The van der Waals surface area contributed by atoms with E-state index in [1.807, 2.05) is 20.8 Å². The van der Waals surface area contributed by atoms with Gasteiger partial charge in [-0.05, 0) is 70.4 Å². The van der Waals surface area contributed by atoms with E-state index in [0.717, 1.165) is 50.8 Å². The maximum atomic E-state index is 13.9.